The molecule has 1 aromatic heterocycles. The lowest BCUT2D eigenvalue weighted by atomic mass is 10.4. The standard InChI is InChI=1S/C8H15N5.HI/c1-9-8(10-2)11-6-7-4-5-12-13(7)3;/h4-5H,6H2,1-3H3,(H2,9,10,11);1H. The van der Waals surface area contributed by atoms with Gasteiger partial charge in [-0.25, -0.2) is 0 Å². The Kier molecular flexibility index (Phi) is 6.26. The SMILES string of the molecule is CN=C(NC)NCc1ccnn1C.I. The van der Waals surface area contributed by atoms with Gasteiger partial charge in [0.25, 0.3) is 0 Å². The van der Waals surface area contributed by atoms with Crippen LogP contribution in [0.15, 0.2) is 17.3 Å². The summed E-state index contributed by atoms with van der Waals surface area (Å²) in [6, 6.07) is 1.97. The summed E-state index contributed by atoms with van der Waals surface area (Å²) < 4.78 is 1.83. The number of rotatable bonds is 2. The lowest BCUT2D eigenvalue weighted by Crippen LogP contribution is -2.34. The van der Waals surface area contributed by atoms with E-state index in [1.54, 1.807) is 13.2 Å². The molecule has 1 rings (SSSR count). The van der Waals surface area contributed by atoms with Gasteiger partial charge in [0, 0.05) is 27.3 Å². The lowest BCUT2D eigenvalue weighted by Gasteiger charge is -2.07. The van der Waals surface area contributed by atoms with Gasteiger partial charge in [-0.15, -0.1) is 24.0 Å². The molecule has 0 amide bonds. The van der Waals surface area contributed by atoms with Crippen LogP contribution >= 0.6 is 24.0 Å². The topological polar surface area (TPSA) is 54.2 Å². The van der Waals surface area contributed by atoms with Crippen LogP contribution in [0, 0.1) is 0 Å². The van der Waals surface area contributed by atoms with Gasteiger partial charge in [-0.05, 0) is 6.07 Å². The van der Waals surface area contributed by atoms with Crippen LogP contribution in [-0.4, -0.2) is 29.8 Å². The Hall–Kier alpha value is -0.790. The third kappa shape index (κ3) is 3.52. The van der Waals surface area contributed by atoms with Crippen molar-refractivity contribution in [1.29, 1.82) is 0 Å². The number of nitrogens with zero attached hydrogens (tertiary/aromatic N) is 3. The summed E-state index contributed by atoms with van der Waals surface area (Å²) in [6.45, 7) is 0.726. The highest BCUT2D eigenvalue weighted by molar-refractivity contribution is 14.0. The maximum absolute atomic E-state index is 4.06. The third-order valence-corrected chi connectivity index (χ3v) is 1.82. The zero-order chi connectivity index (χ0) is 9.68. The fraction of sp³-hybridized carbons (Fsp3) is 0.500. The average Bonchev–Trinajstić information content (AvgIpc) is 2.54. The molecular formula is C8H16IN5. The lowest BCUT2D eigenvalue weighted by molar-refractivity contribution is 0.688. The van der Waals surface area contributed by atoms with Gasteiger partial charge in [0.2, 0.25) is 0 Å². The maximum atomic E-state index is 4.06. The van der Waals surface area contributed by atoms with Gasteiger partial charge in [0.1, 0.15) is 0 Å². The van der Waals surface area contributed by atoms with Crippen molar-refractivity contribution in [3.63, 3.8) is 0 Å². The minimum Gasteiger partial charge on any atom is -0.359 e. The number of hydrogen-bond donors (Lipinski definition) is 2. The number of nitrogens with one attached hydrogen (secondary N) is 2. The Bertz CT molecular complexity index is 294. The quantitative estimate of drug-likeness (QED) is 0.470. The molecular weight excluding hydrogens is 293 g/mol. The van der Waals surface area contributed by atoms with Crippen LogP contribution in [0.2, 0.25) is 0 Å². The largest absolute Gasteiger partial charge is 0.359 e. The van der Waals surface area contributed by atoms with E-state index in [4.69, 9.17) is 0 Å². The highest BCUT2D eigenvalue weighted by Gasteiger charge is 1.98. The minimum absolute atomic E-state index is 0. The van der Waals surface area contributed by atoms with E-state index >= 15 is 0 Å². The zero-order valence-electron chi connectivity index (χ0n) is 8.61. The summed E-state index contributed by atoms with van der Waals surface area (Å²) in [7, 11) is 5.49. The molecule has 6 heteroatoms. The molecule has 0 fully saturated rings. The number of halogens is 1. The molecule has 0 aliphatic carbocycles. The fourth-order valence-corrected chi connectivity index (χ4v) is 1.03. The third-order valence-electron chi connectivity index (χ3n) is 1.82. The molecule has 0 radical (unpaired) electrons. The van der Waals surface area contributed by atoms with Gasteiger partial charge in [-0.2, -0.15) is 5.10 Å². The van der Waals surface area contributed by atoms with Gasteiger partial charge >= 0.3 is 0 Å². The second-order valence-corrected chi connectivity index (χ2v) is 2.62. The predicted octanol–water partition coefficient (Wildman–Crippen LogP) is 0.333. The molecule has 0 saturated heterocycles. The number of guanidine groups is 1. The van der Waals surface area contributed by atoms with Gasteiger partial charge in [-0.1, -0.05) is 0 Å². The van der Waals surface area contributed by atoms with Crippen molar-refractivity contribution < 1.29 is 0 Å². The minimum atomic E-state index is 0. The second-order valence-electron chi connectivity index (χ2n) is 2.62. The van der Waals surface area contributed by atoms with Crippen molar-refractivity contribution >= 4 is 29.9 Å². The van der Waals surface area contributed by atoms with Crippen molar-refractivity contribution in [2.45, 2.75) is 6.54 Å². The molecule has 0 aliphatic rings. The van der Waals surface area contributed by atoms with E-state index < -0.39 is 0 Å². The molecule has 0 aromatic carbocycles. The molecule has 0 aliphatic heterocycles. The second kappa shape index (κ2) is 6.63. The molecule has 0 atom stereocenters. The fourth-order valence-electron chi connectivity index (χ4n) is 1.03. The Morgan fingerprint density at radius 1 is 1.64 bits per heavy atom. The van der Waals surface area contributed by atoms with Gasteiger partial charge in [-0.3, -0.25) is 9.67 Å². The van der Waals surface area contributed by atoms with Crippen LogP contribution in [0.4, 0.5) is 0 Å². The van der Waals surface area contributed by atoms with E-state index in [9.17, 15) is 0 Å². The number of aliphatic imine (C=N–C) groups is 1. The van der Waals surface area contributed by atoms with Crippen LogP contribution in [0.5, 0.6) is 0 Å². The molecule has 14 heavy (non-hydrogen) atoms. The van der Waals surface area contributed by atoms with E-state index in [1.165, 1.54) is 0 Å². The van der Waals surface area contributed by atoms with E-state index in [0.717, 1.165) is 18.2 Å². The Morgan fingerprint density at radius 3 is 2.79 bits per heavy atom. The summed E-state index contributed by atoms with van der Waals surface area (Å²) in [6.07, 6.45) is 1.78. The van der Waals surface area contributed by atoms with E-state index in [0.29, 0.717) is 0 Å². The van der Waals surface area contributed by atoms with Gasteiger partial charge < -0.3 is 10.6 Å². The van der Waals surface area contributed by atoms with Crippen LogP contribution in [0.3, 0.4) is 0 Å². The summed E-state index contributed by atoms with van der Waals surface area (Å²) >= 11 is 0. The van der Waals surface area contributed by atoms with Crippen LogP contribution in [-0.2, 0) is 13.6 Å². The average molecular weight is 309 g/mol. The molecule has 5 nitrogen and oxygen atoms in total. The first-order valence-electron chi connectivity index (χ1n) is 4.13. The Labute approximate surface area is 101 Å². The zero-order valence-corrected chi connectivity index (χ0v) is 10.9. The predicted molar refractivity (Wildman–Crippen MR) is 67.9 cm³/mol. The summed E-state index contributed by atoms with van der Waals surface area (Å²) in [5, 5.41) is 10.1. The van der Waals surface area contributed by atoms with E-state index in [1.807, 2.05) is 24.8 Å². The number of aromatic nitrogens is 2. The highest BCUT2D eigenvalue weighted by Crippen LogP contribution is 1.94. The molecule has 0 spiro atoms. The maximum Gasteiger partial charge on any atom is 0.191 e. The molecule has 80 valence electrons. The monoisotopic (exact) mass is 309 g/mol. The van der Waals surface area contributed by atoms with Crippen molar-refractivity contribution in [2.24, 2.45) is 12.0 Å². The normalized spacial score (nSPS) is 10.6. The summed E-state index contributed by atoms with van der Waals surface area (Å²) in [5.41, 5.74) is 1.12. The molecule has 0 unspecified atom stereocenters. The number of hydrogen-bond acceptors (Lipinski definition) is 2. The molecule has 0 saturated carbocycles. The Morgan fingerprint density at radius 2 is 2.36 bits per heavy atom. The van der Waals surface area contributed by atoms with E-state index in [2.05, 4.69) is 20.7 Å². The highest BCUT2D eigenvalue weighted by atomic mass is 127. The van der Waals surface area contributed by atoms with Crippen molar-refractivity contribution in [1.82, 2.24) is 20.4 Å². The number of aryl methyl sites for hydroxylation is 1. The first-order valence-corrected chi connectivity index (χ1v) is 4.13. The van der Waals surface area contributed by atoms with Crippen molar-refractivity contribution in [3.8, 4) is 0 Å². The van der Waals surface area contributed by atoms with Crippen LogP contribution in [0.1, 0.15) is 5.69 Å². The van der Waals surface area contributed by atoms with Gasteiger partial charge in [0.15, 0.2) is 5.96 Å². The molecule has 0 bridgehead atoms. The van der Waals surface area contributed by atoms with Crippen LogP contribution in [0.25, 0.3) is 0 Å². The molecule has 1 heterocycles. The summed E-state index contributed by atoms with van der Waals surface area (Å²) in [4.78, 5) is 4.00. The first kappa shape index (κ1) is 13.2. The first-order chi connectivity index (χ1) is 6.27. The molecule has 2 N–H and O–H groups in total. The van der Waals surface area contributed by atoms with Gasteiger partial charge in [0.05, 0.1) is 12.2 Å². The molecule has 1 aromatic rings. The Balaban J connectivity index is 0.00000169. The van der Waals surface area contributed by atoms with Crippen LogP contribution < -0.4 is 10.6 Å². The smallest absolute Gasteiger partial charge is 0.191 e. The van der Waals surface area contributed by atoms with Crippen molar-refractivity contribution in [2.75, 3.05) is 14.1 Å². The van der Waals surface area contributed by atoms with E-state index in [-0.39, 0.29) is 24.0 Å². The van der Waals surface area contributed by atoms with Crippen molar-refractivity contribution in [3.05, 3.63) is 18.0 Å². The summed E-state index contributed by atoms with van der Waals surface area (Å²) in [5.74, 6) is 0.779.